The molecule has 2 amide bonds. The molecule has 0 radical (unpaired) electrons. The molecular weight excluding hydrogens is 284 g/mol. The van der Waals surface area contributed by atoms with E-state index < -0.39 is 21.7 Å². The maximum absolute atomic E-state index is 12.3. The van der Waals surface area contributed by atoms with Gasteiger partial charge >= 0.3 is 12.0 Å². The van der Waals surface area contributed by atoms with Crippen LogP contribution in [0.2, 0.25) is 0 Å². The van der Waals surface area contributed by atoms with Crippen LogP contribution in [0, 0.1) is 11.8 Å². The van der Waals surface area contributed by atoms with Crippen molar-refractivity contribution in [1.29, 1.82) is 0 Å². The number of urea groups is 1. The summed E-state index contributed by atoms with van der Waals surface area (Å²) in [6.07, 6.45) is 0.444. The second-order valence-corrected chi connectivity index (χ2v) is 7.91. The maximum Gasteiger partial charge on any atom is 0.320 e. The second kappa shape index (κ2) is 5.59. The molecule has 0 aromatic carbocycles. The average molecular weight is 304 g/mol. The topological polar surface area (TPSA) is 95.0 Å². The molecule has 1 N–H and O–H groups in total. The van der Waals surface area contributed by atoms with Crippen LogP contribution >= 0.6 is 0 Å². The van der Waals surface area contributed by atoms with Gasteiger partial charge in [0.25, 0.3) is 0 Å². The van der Waals surface area contributed by atoms with Gasteiger partial charge in [0.15, 0.2) is 9.84 Å². The number of aliphatic carboxylic acids is 1. The molecule has 2 saturated heterocycles. The van der Waals surface area contributed by atoms with Crippen molar-refractivity contribution in [2.45, 2.75) is 13.3 Å². The van der Waals surface area contributed by atoms with E-state index in [9.17, 15) is 18.0 Å². The normalized spacial score (nSPS) is 30.1. The van der Waals surface area contributed by atoms with Crippen molar-refractivity contribution in [2.75, 3.05) is 37.7 Å². The summed E-state index contributed by atoms with van der Waals surface area (Å²) in [4.78, 5) is 26.5. The highest BCUT2D eigenvalue weighted by atomic mass is 32.2. The van der Waals surface area contributed by atoms with Crippen LogP contribution in [0.15, 0.2) is 0 Å². The van der Waals surface area contributed by atoms with Gasteiger partial charge in [-0.1, -0.05) is 6.92 Å². The van der Waals surface area contributed by atoms with E-state index in [2.05, 4.69) is 0 Å². The van der Waals surface area contributed by atoms with Crippen molar-refractivity contribution in [1.82, 2.24) is 9.80 Å². The third-order valence-electron chi connectivity index (χ3n) is 4.03. The number of hydrogen-bond acceptors (Lipinski definition) is 4. The molecule has 8 heteroatoms. The molecular formula is C12H20N2O5S. The van der Waals surface area contributed by atoms with Gasteiger partial charge in [0.2, 0.25) is 0 Å². The van der Waals surface area contributed by atoms with Gasteiger partial charge in [-0.25, -0.2) is 13.2 Å². The zero-order chi connectivity index (χ0) is 14.9. The molecule has 2 aliphatic rings. The van der Waals surface area contributed by atoms with Crippen molar-refractivity contribution < 1.29 is 23.1 Å². The molecule has 2 rings (SSSR count). The Kier molecular flexibility index (Phi) is 4.22. The molecule has 0 spiro atoms. The Morgan fingerprint density at radius 2 is 1.80 bits per heavy atom. The molecule has 7 nitrogen and oxygen atoms in total. The lowest BCUT2D eigenvalue weighted by atomic mass is 9.99. The van der Waals surface area contributed by atoms with Crippen LogP contribution in [0.4, 0.5) is 4.79 Å². The molecule has 0 aromatic heterocycles. The minimum atomic E-state index is -3.05. The highest BCUT2D eigenvalue weighted by Gasteiger charge is 2.38. The van der Waals surface area contributed by atoms with Gasteiger partial charge in [0.1, 0.15) is 0 Å². The molecule has 0 bridgehead atoms. The third kappa shape index (κ3) is 3.23. The molecule has 0 saturated carbocycles. The minimum absolute atomic E-state index is 0.00943. The zero-order valence-electron chi connectivity index (χ0n) is 11.5. The van der Waals surface area contributed by atoms with Gasteiger partial charge in [-0.15, -0.1) is 0 Å². The number of rotatable bonds is 1. The Morgan fingerprint density at radius 3 is 2.40 bits per heavy atom. The number of carbonyl (C=O) groups is 2. The van der Waals surface area contributed by atoms with Gasteiger partial charge in [-0.3, -0.25) is 4.79 Å². The number of amides is 2. The van der Waals surface area contributed by atoms with Crippen LogP contribution in [-0.4, -0.2) is 73.0 Å². The van der Waals surface area contributed by atoms with Crippen molar-refractivity contribution >= 4 is 21.8 Å². The van der Waals surface area contributed by atoms with Crippen molar-refractivity contribution in [3.05, 3.63) is 0 Å². The SMILES string of the molecule is CC1CN(C(=O)N2CCCS(=O)(=O)CC2)CC1C(=O)O. The zero-order valence-corrected chi connectivity index (χ0v) is 12.3. The maximum atomic E-state index is 12.3. The van der Waals surface area contributed by atoms with Crippen LogP contribution in [0.1, 0.15) is 13.3 Å². The Morgan fingerprint density at radius 1 is 1.10 bits per heavy atom. The smallest absolute Gasteiger partial charge is 0.320 e. The van der Waals surface area contributed by atoms with Crippen LogP contribution in [0.5, 0.6) is 0 Å². The monoisotopic (exact) mass is 304 g/mol. The first-order chi connectivity index (χ1) is 9.30. The quantitative estimate of drug-likeness (QED) is 0.728. The van der Waals surface area contributed by atoms with Gasteiger partial charge in [-0.2, -0.15) is 0 Å². The van der Waals surface area contributed by atoms with Gasteiger partial charge < -0.3 is 14.9 Å². The molecule has 2 heterocycles. The Balaban J connectivity index is 2.00. The first-order valence-corrected chi connectivity index (χ1v) is 8.59. The summed E-state index contributed by atoms with van der Waals surface area (Å²) in [5.74, 6) is -1.39. The largest absolute Gasteiger partial charge is 0.481 e. The number of carbonyl (C=O) groups excluding carboxylic acids is 1. The molecule has 114 valence electrons. The molecule has 0 aliphatic carbocycles. The first kappa shape index (κ1) is 15.1. The van der Waals surface area contributed by atoms with E-state index in [4.69, 9.17) is 5.11 Å². The van der Waals surface area contributed by atoms with Crippen molar-refractivity contribution in [2.24, 2.45) is 11.8 Å². The second-order valence-electron chi connectivity index (χ2n) is 5.60. The molecule has 2 atom stereocenters. The third-order valence-corrected chi connectivity index (χ3v) is 5.74. The van der Waals surface area contributed by atoms with Crippen molar-refractivity contribution in [3.8, 4) is 0 Å². The standard InChI is InChI=1S/C12H20N2O5S/c1-9-7-14(8-10(9)11(15)16)12(17)13-3-2-5-20(18,19)6-4-13/h9-10H,2-8H2,1H3,(H,15,16). The molecule has 2 fully saturated rings. The van der Waals surface area contributed by atoms with Crippen LogP contribution in [0.25, 0.3) is 0 Å². The summed E-state index contributed by atoms with van der Waals surface area (Å²) >= 11 is 0. The molecule has 2 aliphatic heterocycles. The molecule has 0 aromatic rings. The lowest BCUT2D eigenvalue weighted by Gasteiger charge is -2.26. The summed E-state index contributed by atoms with van der Waals surface area (Å²) in [5.41, 5.74) is 0. The predicted molar refractivity (Wildman–Crippen MR) is 72.1 cm³/mol. The van der Waals surface area contributed by atoms with Gasteiger partial charge in [-0.05, 0) is 12.3 Å². The fourth-order valence-corrected chi connectivity index (χ4v) is 4.05. The minimum Gasteiger partial charge on any atom is -0.481 e. The van der Waals surface area contributed by atoms with Gasteiger partial charge in [0.05, 0.1) is 17.4 Å². The predicted octanol–water partition coefficient (Wildman–Crippen LogP) is -0.121. The van der Waals surface area contributed by atoms with Crippen molar-refractivity contribution in [3.63, 3.8) is 0 Å². The fraction of sp³-hybridized carbons (Fsp3) is 0.833. The van der Waals surface area contributed by atoms with E-state index in [1.54, 1.807) is 0 Å². The van der Waals surface area contributed by atoms with Crippen LogP contribution in [-0.2, 0) is 14.6 Å². The van der Waals surface area contributed by atoms with Crippen LogP contribution < -0.4 is 0 Å². The van der Waals surface area contributed by atoms with E-state index in [-0.39, 0.29) is 36.5 Å². The summed E-state index contributed by atoms with van der Waals surface area (Å²) < 4.78 is 23.0. The number of likely N-dealkylation sites (tertiary alicyclic amines) is 1. The molecule has 20 heavy (non-hydrogen) atoms. The number of sulfone groups is 1. The van der Waals surface area contributed by atoms with Gasteiger partial charge in [0, 0.05) is 26.2 Å². The Labute approximate surface area is 118 Å². The first-order valence-electron chi connectivity index (χ1n) is 6.77. The molecule has 2 unspecified atom stereocenters. The Bertz CT molecular complexity index is 504. The number of carboxylic acids is 1. The Hall–Kier alpha value is -1.31. The summed E-state index contributed by atoms with van der Waals surface area (Å²) in [7, 11) is -3.05. The highest BCUT2D eigenvalue weighted by molar-refractivity contribution is 7.91. The summed E-state index contributed by atoms with van der Waals surface area (Å²) in [6, 6.07) is -0.238. The fourth-order valence-electron chi connectivity index (χ4n) is 2.77. The summed E-state index contributed by atoms with van der Waals surface area (Å²) in [5, 5.41) is 9.08. The van der Waals surface area contributed by atoms with E-state index in [1.807, 2.05) is 6.92 Å². The number of nitrogens with zero attached hydrogens (tertiary/aromatic N) is 2. The van der Waals surface area contributed by atoms with E-state index >= 15 is 0 Å². The lowest BCUT2D eigenvalue weighted by molar-refractivity contribution is -0.142. The number of carboxylic acid groups (broad SMARTS) is 1. The highest BCUT2D eigenvalue weighted by Crippen LogP contribution is 2.24. The summed E-state index contributed by atoms with van der Waals surface area (Å²) in [6.45, 7) is 3.06. The average Bonchev–Trinajstić information content (AvgIpc) is 2.65. The number of hydrogen-bond donors (Lipinski definition) is 1. The van der Waals surface area contributed by atoms with E-state index in [1.165, 1.54) is 9.80 Å². The lowest BCUT2D eigenvalue weighted by Crippen LogP contribution is -2.43. The van der Waals surface area contributed by atoms with E-state index in [0.717, 1.165) is 0 Å². The van der Waals surface area contributed by atoms with E-state index in [0.29, 0.717) is 19.5 Å². The van der Waals surface area contributed by atoms with Crippen LogP contribution in [0.3, 0.4) is 0 Å².